The Hall–Kier alpha value is -0.600. The van der Waals surface area contributed by atoms with Crippen molar-refractivity contribution in [2.75, 3.05) is 0 Å². The van der Waals surface area contributed by atoms with Crippen LogP contribution in [-0.4, -0.2) is 6.04 Å². The Morgan fingerprint density at radius 2 is 2.25 bits per heavy atom. The Balaban J connectivity index is 1.85. The van der Waals surface area contributed by atoms with E-state index < -0.39 is 0 Å². The van der Waals surface area contributed by atoms with Crippen LogP contribution in [0.25, 0.3) is 0 Å². The van der Waals surface area contributed by atoms with Crippen molar-refractivity contribution in [3.63, 3.8) is 0 Å². The number of halogens is 2. The number of benzene rings is 1. The van der Waals surface area contributed by atoms with Crippen LogP contribution >= 0.6 is 11.6 Å². The van der Waals surface area contributed by atoms with E-state index in [2.05, 4.69) is 12.2 Å². The molecular formula is C13H17ClFN. The van der Waals surface area contributed by atoms with Gasteiger partial charge in [0, 0.05) is 12.6 Å². The van der Waals surface area contributed by atoms with E-state index in [0.717, 1.165) is 11.5 Å². The standard InChI is InChI=1S/C13H17ClFN/c1-9(7-10-5-6-10)16-8-11-3-2-4-12(15)13(11)14/h2-4,9-10,16H,5-8H2,1H3. The van der Waals surface area contributed by atoms with Crippen molar-refractivity contribution in [3.8, 4) is 0 Å². The summed E-state index contributed by atoms with van der Waals surface area (Å²) < 4.78 is 13.2. The Morgan fingerprint density at radius 1 is 1.50 bits per heavy atom. The van der Waals surface area contributed by atoms with Crippen LogP contribution in [0.4, 0.5) is 4.39 Å². The summed E-state index contributed by atoms with van der Waals surface area (Å²) in [5, 5.41) is 3.63. The van der Waals surface area contributed by atoms with E-state index in [1.807, 2.05) is 6.07 Å². The van der Waals surface area contributed by atoms with Crippen LogP contribution < -0.4 is 5.32 Å². The van der Waals surface area contributed by atoms with Crippen LogP contribution in [0.5, 0.6) is 0 Å². The Kier molecular flexibility index (Phi) is 3.82. The highest BCUT2D eigenvalue weighted by Gasteiger charge is 2.23. The molecule has 1 aliphatic rings. The minimum absolute atomic E-state index is 0.244. The zero-order valence-corrected chi connectivity index (χ0v) is 10.2. The smallest absolute Gasteiger partial charge is 0.142 e. The minimum atomic E-state index is -0.337. The molecule has 1 nitrogen and oxygen atoms in total. The summed E-state index contributed by atoms with van der Waals surface area (Å²) >= 11 is 5.88. The second-order valence-corrected chi connectivity index (χ2v) is 5.05. The lowest BCUT2D eigenvalue weighted by atomic mass is 10.1. The van der Waals surface area contributed by atoms with Gasteiger partial charge >= 0.3 is 0 Å². The van der Waals surface area contributed by atoms with Crippen LogP contribution in [0.2, 0.25) is 5.02 Å². The Morgan fingerprint density at radius 3 is 2.94 bits per heavy atom. The fourth-order valence-electron chi connectivity index (χ4n) is 1.91. The molecule has 16 heavy (non-hydrogen) atoms. The zero-order valence-electron chi connectivity index (χ0n) is 9.47. The second kappa shape index (κ2) is 5.15. The van der Waals surface area contributed by atoms with E-state index in [0.29, 0.717) is 12.6 Å². The third kappa shape index (κ3) is 3.19. The first-order valence-electron chi connectivity index (χ1n) is 5.83. The van der Waals surface area contributed by atoms with Gasteiger partial charge in [0.2, 0.25) is 0 Å². The summed E-state index contributed by atoms with van der Waals surface area (Å²) in [5.74, 6) is 0.571. The van der Waals surface area contributed by atoms with Crippen molar-refractivity contribution in [3.05, 3.63) is 34.6 Å². The average Bonchev–Trinajstić information content (AvgIpc) is 3.04. The first-order chi connectivity index (χ1) is 7.66. The molecule has 0 radical (unpaired) electrons. The van der Waals surface area contributed by atoms with Gasteiger partial charge in [-0.3, -0.25) is 0 Å². The molecule has 1 saturated carbocycles. The van der Waals surface area contributed by atoms with Crippen molar-refractivity contribution in [2.45, 2.75) is 38.8 Å². The SMILES string of the molecule is CC(CC1CC1)NCc1cccc(F)c1Cl. The highest BCUT2D eigenvalue weighted by Crippen LogP contribution is 2.33. The summed E-state index contributed by atoms with van der Waals surface area (Å²) in [6.45, 7) is 2.82. The lowest BCUT2D eigenvalue weighted by molar-refractivity contribution is 0.486. The quantitative estimate of drug-likeness (QED) is 0.828. The van der Waals surface area contributed by atoms with E-state index in [9.17, 15) is 4.39 Å². The monoisotopic (exact) mass is 241 g/mol. The average molecular weight is 242 g/mol. The third-order valence-electron chi connectivity index (χ3n) is 3.06. The van der Waals surface area contributed by atoms with Gasteiger partial charge in [0.25, 0.3) is 0 Å². The number of hydrogen-bond acceptors (Lipinski definition) is 1. The molecule has 0 heterocycles. The van der Waals surface area contributed by atoms with Crippen molar-refractivity contribution in [1.82, 2.24) is 5.32 Å². The van der Waals surface area contributed by atoms with Gasteiger partial charge in [0.05, 0.1) is 5.02 Å². The molecule has 2 rings (SSSR count). The van der Waals surface area contributed by atoms with Gasteiger partial charge in [-0.1, -0.05) is 36.6 Å². The lowest BCUT2D eigenvalue weighted by Gasteiger charge is -2.14. The molecule has 3 heteroatoms. The highest BCUT2D eigenvalue weighted by molar-refractivity contribution is 6.31. The molecule has 0 aliphatic heterocycles. The van der Waals surface area contributed by atoms with Gasteiger partial charge in [-0.15, -0.1) is 0 Å². The molecule has 0 bridgehead atoms. The second-order valence-electron chi connectivity index (χ2n) is 4.67. The molecule has 1 aromatic carbocycles. The molecule has 1 aromatic rings. The zero-order chi connectivity index (χ0) is 11.5. The predicted octanol–water partition coefficient (Wildman–Crippen LogP) is 3.76. The van der Waals surface area contributed by atoms with Crippen molar-refractivity contribution in [1.29, 1.82) is 0 Å². The van der Waals surface area contributed by atoms with Crippen LogP contribution in [0.1, 0.15) is 31.7 Å². The van der Waals surface area contributed by atoms with Gasteiger partial charge in [-0.2, -0.15) is 0 Å². The van der Waals surface area contributed by atoms with Crippen LogP contribution in [0.15, 0.2) is 18.2 Å². The molecule has 1 fully saturated rings. The van der Waals surface area contributed by atoms with Crippen LogP contribution in [0.3, 0.4) is 0 Å². The summed E-state index contributed by atoms with van der Waals surface area (Å²) in [6, 6.07) is 5.43. The lowest BCUT2D eigenvalue weighted by Crippen LogP contribution is -2.26. The fraction of sp³-hybridized carbons (Fsp3) is 0.538. The molecule has 1 unspecified atom stereocenters. The van der Waals surface area contributed by atoms with E-state index >= 15 is 0 Å². The summed E-state index contributed by atoms with van der Waals surface area (Å²) in [7, 11) is 0. The number of nitrogens with one attached hydrogen (secondary N) is 1. The molecule has 88 valence electrons. The Labute approximate surface area is 101 Å². The molecular weight excluding hydrogens is 225 g/mol. The predicted molar refractivity (Wildman–Crippen MR) is 65.1 cm³/mol. The summed E-state index contributed by atoms with van der Waals surface area (Å²) in [4.78, 5) is 0. The topological polar surface area (TPSA) is 12.0 Å². The maximum atomic E-state index is 13.2. The van der Waals surface area contributed by atoms with Gasteiger partial charge in [-0.25, -0.2) is 4.39 Å². The van der Waals surface area contributed by atoms with E-state index in [-0.39, 0.29) is 10.8 Å². The minimum Gasteiger partial charge on any atom is -0.310 e. The van der Waals surface area contributed by atoms with Gasteiger partial charge in [0.15, 0.2) is 0 Å². The third-order valence-corrected chi connectivity index (χ3v) is 3.48. The summed E-state index contributed by atoms with van der Waals surface area (Å²) in [6.07, 6.45) is 3.95. The van der Waals surface area contributed by atoms with Gasteiger partial charge < -0.3 is 5.32 Å². The van der Waals surface area contributed by atoms with Crippen LogP contribution in [0, 0.1) is 11.7 Å². The highest BCUT2D eigenvalue weighted by atomic mass is 35.5. The van der Waals surface area contributed by atoms with Crippen molar-refractivity contribution in [2.24, 2.45) is 5.92 Å². The van der Waals surface area contributed by atoms with E-state index in [4.69, 9.17) is 11.6 Å². The maximum absolute atomic E-state index is 13.2. The first-order valence-corrected chi connectivity index (χ1v) is 6.21. The molecule has 0 aromatic heterocycles. The maximum Gasteiger partial charge on any atom is 0.142 e. The number of rotatable bonds is 5. The first kappa shape index (κ1) is 11.9. The molecule has 0 spiro atoms. The largest absolute Gasteiger partial charge is 0.310 e. The fourth-order valence-corrected chi connectivity index (χ4v) is 2.10. The van der Waals surface area contributed by atoms with Crippen molar-refractivity contribution >= 4 is 11.6 Å². The molecule has 1 N–H and O–H groups in total. The molecule has 1 atom stereocenters. The normalized spacial score (nSPS) is 17.4. The van der Waals surface area contributed by atoms with Gasteiger partial charge in [-0.05, 0) is 30.9 Å². The molecule has 1 aliphatic carbocycles. The molecule has 0 amide bonds. The Bertz CT molecular complexity index is 363. The summed E-state index contributed by atoms with van der Waals surface area (Å²) in [5.41, 5.74) is 0.837. The van der Waals surface area contributed by atoms with E-state index in [1.54, 1.807) is 6.07 Å². The van der Waals surface area contributed by atoms with Gasteiger partial charge in [0.1, 0.15) is 5.82 Å². The molecule has 0 saturated heterocycles. The van der Waals surface area contributed by atoms with Crippen LogP contribution in [-0.2, 0) is 6.54 Å². The van der Waals surface area contributed by atoms with Crippen molar-refractivity contribution < 1.29 is 4.39 Å². The number of hydrogen-bond donors (Lipinski definition) is 1. The van der Waals surface area contributed by atoms with E-state index in [1.165, 1.54) is 25.3 Å².